The van der Waals surface area contributed by atoms with E-state index in [4.69, 9.17) is 14.2 Å². The first-order chi connectivity index (χ1) is 18.9. The van der Waals surface area contributed by atoms with Gasteiger partial charge in [-0.3, -0.25) is 9.59 Å². The van der Waals surface area contributed by atoms with Crippen LogP contribution in [-0.4, -0.2) is 76.9 Å². The Bertz CT molecular complexity index is 1430. The largest absolute Gasteiger partial charge is 0.493 e. The monoisotopic (exact) mass is 533 g/mol. The van der Waals surface area contributed by atoms with E-state index in [0.717, 1.165) is 16.8 Å². The van der Waals surface area contributed by atoms with Crippen LogP contribution in [0.4, 0.5) is 11.6 Å². The number of carbonyl (C=O) groups is 2. The van der Waals surface area contributed by atoms with Crippen molar-refractivity contribution in [2.45, 2.75) is 26.8 Å². The Morgan fingerprint density at radius 1 is 1.10 bits per heavy atom. The lowest BCUT2D eigenvalue weighted by Gasteiger charge is -2.28. The number of methoxy groups -OCH3 is 1. The van der Waals surface area contributed by atoms with Crippen LogP contribution in [0.15, 0.2) is 47.7 Å². The molecule has 0 aliphatic carbocycles. The fourth-order valence-electron chi connectivity index (χ4n) is 4.78. The van der Waals surface area contributed by atoms with Crippen molar-refractivity contribution in [3.63, 3.8) is 0 Å². The van der Waals surface area contributed by atoms with Gasteiger partial charge in [0.1, 0.15) is 6.04 Å². The molecule has 39 heavy (non-hydrogen) atoms. The topological polar surface area (TPSA) is 133 Å². The first-order valence-corrected chi connectivity index (χ1v) is 12.7. The van der Waals surface area contributed by atoms with Crippen LogP contribution in [0.1, 0.15) is 29.7 Å². The third-order valence-electron chi connectivity index (χ3n) is 6.81. The van der Waals surface area contributed by atoms with Gasteiger partial charge in [-0.15, -0.1) is 0 Å². The molecule has 3 aromatic rings. The molecule has 1 saturated heterocycles. The molecule has 3 heterocycles. The summed E-state index contributed by atoms with van der Waals surface area (Å²) in [5, 5.41) is 18.2. The number of ether oxygens (including phenoxy) is 3. The minimum atomic E-state index is -0.639. The number of hydrogen-bond acceptors (Lipinski definition) is 9. The number of allylic oxidation sites excluding steroid dienone is 1. The summed E-state index contributed by atoms with van der Waals surface area (Å²) in [6.07, 6.45) is 0. The van der Waals surface area contributed by atoms with Crippen LogP contribution in [0.3, 0.4) is 0 Å². The third-order valence-corrected chi connectivity index (χ3v) is 6.81. The number of morpholine rings is 1. The molecular formula is C27H31N7O5. The van der Waals surface area contributed by atoms with Crippen LogP contribution < -0.4 is 20.1 Å². The molecule has 0 spiro atoms. The van der Waals surface area contributed by atoms with Gasteiger partial charge < -0.3 is 29.7 Å². The number of carbonyl (C=O) groups excluding carboxylic acids is 2. The van der Waals surface area contributed by atoms with E-state index in [-0.39, 0.29) is 18.4 Å². The van der Waals surface area contributed by atoms with Crippen molar-refractivity contribution in [2.75, 3.05) is 50.7 Å². The SMILES string of the molecule is COc1cc(C2C(C(=O)Nc3ccc(C)cc3C)=C(C)Nc3nnnn32)ccc1OCC(=O)N1CCOCC1. The molecule has 2 N–H and O–H groups in total. The van der Waals surface area contributed by atoms with Crippen molar-refractivity contribution in [3.05, 3.63) is 64.4 Å². The maximum absolute atomic E-state index is 13.7. The maximum atomic E-state index is 13.7. The standard InChI is InChI=1S/C27H31N7O5/c1-16-5-7-20(17(2)13-16)29-26(36)24-18(3)28-27-30-31-32-34(27)25(24)19-6-8-21(22(14-19)37-4)39-15-23(35)33-9-11-38-12-10-33/h5-8,13-14,25H,9-12,15H2,1-4H3,(H,29,36)(H,28,30,32). The second-order valence-electron chi connectivity index (χ2n) is 9.48. The smallest absolute Gasteiger partial charge is 0.260 e. The summed E-state index contributed by atoms with van der Waals surface area (Å²) in [4.78, 5) is 28.0. The number of aromatic nitrogens is 4. The molecule has 12 nitrogen and oxygen atoms in total. The molecule has 0 saturated carbocycles. The highest BCUT2D eigenvalue weighted by atomic mass is 16.5. The Morgan fingerprint density at radius 2 is 1.90 bits per heavy atom. The molecular weight excluding hydrogens is 502 g/mol. The van der Waals surface area contributed by atoms with E-state index >= 15 is 0 Å². The number of anilines is 2. The van der Waals surface area contributed by atoms with E-state index in [9.17, 15) is 9.59 Å². The van der Waals surface area contributed by atoms with Gasteiger partial charge >= 0.3 is 0 Å². The third kappa shape index (κ3) is 5.41. The summed E-state index contributed by atoms with van der Waals surface area (Å²) in [7, 11) is 1.52. The van der Waals surface area contributed by atoms with Gasteiger partial charge in [-0.05, 0) is 60.5 Å². The lowest BCUT2D eigenvalue weighted by atomic mass is 9.94. The molecule has 0 bridgehead atoms. The summed E-state index contributed by atoms with van der Waals surface area (Å²) in [5.41, 5.74) is 4.57. The molecule has 1 aromatic heterocycles. The van der Waals surface area contributed by atoms with Crippen molar-refractivity contribution >= 4 is 23.5 Å². The zero-order valence-electron chi connectivity index (χ0n) is 22.4. The molecule has 12 heteroatoms. The zero-order chi connectivity index (χ0) is 27.5. The lowest BCUT2D eigenvalue weighted by Crippen LogP contribution is -2.43. The highest BCUT2D eigenvalue weighted by Gasteiger charge is 2.35. The molecule has 204 valence electrons. The summed E-state index contributed by atoms with van der Waals surface area (Å²) in [5.74, 6) is 0.840. The maximum Gasteiger partial charge on any atom is 0.260 e. The molecule has 5 rings (SSSR count). The molecule has 2 amide bonds. The van der Waals surface area contributed by atoms with Gasteiger partial charge in [0.2, 0.25) is 5.95 Å². The molecule has 0 radical (unpaired) electrons. The average Bonchev–Trinajstić information content (AvgIpc) is 3.41. The number of benzene rings is 2. The van der Waals surface area contributed by atoms with Gasteiger partial charge in [-0.2, -0.15) is 4.68 Å². The average molecular weight is 534 g/mol. The number of rotatable bonds is 7. The predicted octanol–water partition coefficient (Wildman–Crippen LogP) is 2.46. The Labute approximate surface area is 225 Å². The quantitative estimate of drug-likeness (QED) is 0.470. The van der Waals surface area contributed by atoms with Crippen LogP contribution in [-0.2, 0) is 14.3 Å². The lowest BCUT2D eigenvalue weighted by molar-refractivity contribution is -0.137. The summed E-state index contributed by atoms with van der Waals surface area (Å²) >= 11 is 0. The summed E-state index contributed by atoms with van der Waals surface area (Å²) < 4.78 is 18.3. The number of amides is 2. The van der Waals surface area contributed by atoms with Crippen molar-refractivity contribution < 1.29 is 23.8 Å². The highest BCUT2D eigenvalue weighted by Crippen LogP contribution is 2.38. The van der Waals surface area contributed by atoms with E-state index in [1.54, 1.807) is 21.7 Å². The minimum absolute atomic E-state index is 0.120. The first-order valence-electron chi connectivity index (χ1n) is 12.7. The molecule has 1 unspecified atom stereocenters. The van der Waals surface area contributed by atoms with Gasteiger partial charge in [0, 0.05) is 24.5 Å². The fraction of sp³-hybridized carbons (Fsp3) is 0.370. The molecule has 2 aliphatic heterocycles. The van der Waals surface area contributed by atoms with Crippen LogP contribution in [0.2, 0.25) is 0 Å². The second kappa shape index (κ2) is 11.1. The van der Waals surface area contributed by atoms with Crippen molar-refractivity contribution in [2.24, 2.45) is 0 Å². The Kier molecular flexibility index (Phi) is 7.46. The van der Waals surface area contributed by atoms with E-state index in [1.165, 1.54) is 7.11 Å². The number of fused-ring (bicyclic) bond motifs is 1. The van der Waals surface area contributed by atoms with Gasteiger partial charge in [0.05, 0.1) is 25.9 Å². The Balaban J connectivity index is 1.43. The van der Waals surface area contributed by atoms with Crippen LogP contribution >= 0.6 is 0 Å². The minimum Gasteiger partial charge on any atom is -0.493 e. The molecule has 2 aromatic carbocycles. The molecule has 1 fully saturated rings. The van der Waals surface area contributed by atoms with Gasteiger partial charge in [0.25, 0.3) is 11.8 Å². The van der Waals surface area contributed by atoms with E-state index in [0.29, 0.717) is 60.6 Å². The number of hydrogen-bond donors (Lipinski definition) is 2. The van der Waals surface area contributed by atoms with Crippen LogP contribution in [0.25, 0.3) is 0 Å². The normalized spacial score (nSPS) is 16.8. The van der Waals surface area contributed by atoms with Crippen molar-refractivity contribution in [1.82, 2.24) is 25.1 Å². The van der Waals surface area contributed by atoms with Crippen LogP contribution in [0, 0.1) is 13.8 Å². The van der Waals surface area contributed by atoms with Gasteiger partial charge in [-0.25, -0.2) is 0 Å². The molecule has 2 aliphatic rings. The summed E-state index contributed by atoms with van der Waals surface area (Å²) in [6.45, 7) is 7.77. The second-order valence-corrected chi connectivity index (χ2v) is 9.48. The summed E-state index contributed by atoms with van der Waals surface area (Å²) in [6, 6.07) is 10.5. The predicted molar refractivity (Wildman–Crippen MR) is 143 cm³/mol. The number of nitrogens with one attached hydrogen (secondary N) is 2. The van der Waals surface area contributed by atoms with Gasteiger partial charge in [0.15, 0.2) is 18.1 Å². The molecule has 1 atom stereocenters. The van der Waals surface area contributed by atoms with E-state index in [2.05, 4.69) is 26.2 Å². The first kappa shape index (κ1) is 26.2. The van der Waals surface area contributed by atoms with Crippen molar-refractivity contribution in [1.29, 1.82) is 0 Å². The van der Waals surface area contributed by atoms with E-state index in [1.807, 2.05) is 45.0 Å². The zero-order valence-corrected chi connectivity index (χ0v) is 22.4. The number of tetrazole rings is 1. The van der Waals surface area contributed by atoms with E-state index < -0.39 is 6.04 Å². The van der Waals surface area contributed by atoms with Crippen LogP contribution in [0.5, 0.6) is 11.5 Å². The number of nitrogens with zero attached hydrogens (tertiary/aromatic N) is 5. The van der Waals surface area contributed by atoms with Crippen molar-refractivity contribution in [3.8, 4) is 11.5 Å². The Morgan fingerprint density at radius 3 is 2.64 bits per heavy atom. The van der Waals surface area contributed by atoms with Gasteiger partial charge in [-0.1, -0.05) is 28.9 Å². The highest BCUT2D eigenvalue weighted by molar-refractivity contribution is 6.06. The Hall–Kier alpha value is -4.45. The fourth-order valence-corrected chi connectivity index (χ4v) is 4.78. The number of aryl methyl sites for hydroxylation is 2.